The fraction of sp³-hybridized carbons (Fsp3) is 0.333. The van der Waals surface area contributed by atoms with Crippen molar-refractivity contribution in [1.82, 2.24) is 0 Å². The molecule has 1 fully saturated rings. The summed E-state index contributed by atoms with van der Waals surface area (Å²) in [4.78, 5) is 27.8. The van der Waals surface area contributed by atoms with Gasteiger partial charge in [0.2, 0.25) is 0 Å². The number of thiophene rings is 1. The van der Waals surface area contributed by atoms with E-state index in [-0.39, 0.29) is 12.0 Å². The lowest BCUT2D eigenvalue weighted by atomic mass is 10.2. The molecule has 25 heavy (non-hydrogen) atoms. The zero-order valence-corrected chi connectivity index (χ0v) is 14.6. The minimum absolute atomic E-state index is 0.116. The number of hydrogen-bond donors (Lipinski definition) is 1. The van der Waals surface area contributed by atoms with Gasteiger partial charge in [-0.1, -0.05) is 0 Å². The van der Waals surface area contributed by atoms with Crippen molar-refractivity contribution in [3.8, 4) is 5.75 Å². The number of fused-ring (bicyclic) bond motifs is 1. The molecule has 1 aliphatic carbocycles. The number of ether oxygens (including phenoxy) is 2. The summed E-state index contributed by atoms with van der Waals surface area (Å²) in [6, 6.07) is 7.24. The van der Waals surface area contributed by atoms with Crippen molar-refractivity contribution in [2.45, 2.75) is 19.3 Å². The Bertz CT molecular complexity index is 824. The van der Waals surface area contributed by atoms with E-state index in [1.807, 2.05) is 6.07 Å². The Morgan fingerprint density at radius 2 is 2.20 bits per heavy atom. The summed E-state index contributed by atoms with van der Waals surface area (Å²) >= 11 is 1.57. The Labute approximate surface area is 149 Å². The molecule has 0 spiro atoms. The number of methoxy groups -OCH3 is 1. The monoisotopic (exact) mass is 358 g/mol. The minimum atomic E-state index is -0.386. The van der Waals surface area contributed by atoms with E-state index in [2.05, 4.69) is 5.32 Å². The summed E-state index contributed by atoms with van der Waals surface area (Å²) in [5.41, 5.74) is 2.57. The Morgan fingerprint density at radius 3 is 2.92 bits per heavy atom. The van der Waals surface area contributed by atoms with Crippen LogP contribution >= 0.6 is 11.3 Å². The molecule has 6 nitrogen and oxygen atoms in total. The van der Waals surface area contributed by atoms with Gasteiger partial charge in [0.05, 0.1) is 24.2 Å². The summed E-state index contributed by atoms with van der Waals surface area (Å²) in [6.07, 6.45) is 2.93. The van der Waals surface area contributed by atoms with E-state index in [9.17, 15) is 9.59 Å². The summed E-state index contributed by atoms with van der Waals surface area (Å²) in [5.74, 6) is 0.403. The van der Waals surface area contributed by atoms with Gasteiger partial charge in [0.15, 0.2) is 0 Å². The van der Waals surface area contributed by atoms with E-state index >= 15 is 0 Å². The number of nitrogens with one attached hydrogen (secondary N) is 1. The van der Waals surface area contributed by atoms with Crippen LogP contribution in [-0.2, 0) is 17.6 Å². The number of benzene rings is 1. The molecular weight excluding hydrogens is 340 g/mol. The molecule has 0 unspecified atom stereocenters. The first-order valence-electron chi connectivity index (χ1n) is 8.21. The average molecular weight is 358 g/mol. The molecule has 2 aliphatic rings. The Kier molecular flexibility index (Phi) is 4.09. The zero-order chi connectivity index (χ0) is 17.4. The van der Waals surface area contributed by atoms with Gasteiger partial charge in [-0.2, -0.15) is 0 Å². The van der Waals surface area contributed by atoms with Gasteiger partial charge < -0.3 is 14.8 Å². The maximum absolute atomic E-state index is 12.5. The lowest BCUT2D eigenvalue weighted by molar-refractivity contribution is 0.103. The van der Waals surface area contributed by atoms with Gasteiger partial charge >= 0.3 is 6.09 Å². The van der Waals surface area contributed by atoms with Crippen LogP contribution in [-0.4, -0.2) is 32.3 Å². The smallest absolute Gasteiger partial charge is 0.414 e. The van der Waals surface area contributed by atoms with Crippen LogP contribution in [0.25, 0.3) is 0 Å². The third-order valence-corrected chi connectivity index (χ3v) is 5.70. The van der Waals surface area contributed by atoms with Crippen LogP contribution in [0.5, 0.6) is 5.75 Å². The second kappa shape index (κ2) is 6.40. The lowest BCUT2D eigenvalue weighted by Gasteiger charge is -2.17. The fourth-order valence-corrected chi connectivity index (χ4v) is 4.37. The van der Waals surface area contributed by atoms with Crippen LogP contribution in [0.1, 0.15) is 26.5 Å². The van der Waals surface area contributed by atoms with Gasteiger partial charge in [-0.25, -0.2) is 4.79 Å². The van der Waals surface area contributed by atoms with Crippen LogP contribution < -0.4 is 15.0 Å². The molecule has 4 rings (SSSR count). The van der Waals surface area contributed by atoms with Crippen molar-refractivity contribution >= 4 is 34.7 Å². The number of rotatable bonds is 4. The molecule has 130 valence electrons. The molecule has 2 heterocycles. The number of nitrogens with zero attached hydrogens (tertiary/aromatic N) is 1. The molecule has 1 aromatic heterocycles. The quantitative estimate of drug-likeness (QED) is 0.909. The molecular formula is C18H18N2O4S. The fourth-order valence-electron chi connectivity index (χ4n) is 3.22. The van der Waals surface area contributed by atoms with Gasteiger partial charge in [0.25, 0.3) is 5.91 Å². The number of carbonyl (C=O) groups excluding carboxylic acids is 2. The summed E-state index contributed by atoms with van der Waals surface area (Å²) in [6.45, 7) is 0.852. The Balaban J connectivity index is 1.54. The van der Waals surface area contributed by atoms with E-state index in [4.69, 9.17) is 9.47 Å². The Morgan fingerprint density at radius 1 is 1.32 bits per heavy atom. The SMILES string of the molecule is COc1cc(NC(=O)c2cc3c(s2)CCC3)ccc1N1CCOC1=O. The number of hydrogen-bond acceptors (Lipinski definition) is 5. The predicted octanol–water partition coefficient (Wildman–Crippen LogP) is 3.45. The van der Waals surface area contributed by atoms with Gasteiger partial charge in [0.1, 0.15) is 12.4 Å². The van der Waals surface area contributed by atoms with E-state index in [0.29, 0.717) is 30.3 Å². The number of cyclic esters (lactones) is 1. The van der Waals surface area contributed by atoms with Crippen molar-refractivity contribution < 1.29 is 19.1 Å². The summed E-state index contributed by atoms with van der Waals surface area (Å²) in [7, 11) is 1.54. The van der Waals surface area contributed by atoms with Crippen molar-refractivity contribution in [3.05, 3.63) is 39.6 Å². The predicted molar refractivity (Wildman–Crippen MR) is 96.0 cm³/mol. The van der Waals surface area contributed by atoms with Crippen LogP contribution in [0.3, 0.4) is 0 Å². The minimum Gasteiger partial charge on any atom is -0.494 e. The highest BCUT2D eigenvalue weighted by Crippen LogP contribution is 2.34. The van der Waals surface area contributed by atoms with Gasteiger partial charge in [0, 0.05) is 16.6 Å². The van der Waals surface area contributed by atoms with Crippen LogP contribution in [0.15, 0.2) is 24.3 Å². The molecule has 2 aromatic rings. The van der Waals surface area contributed by atoms with Crippen LogP contribution in [0.2, 0.25) is 0 Å². The topological polar surface area (TPSA) is 67.9 Å². The normalized spacial score (nSPS) is 15.9. The summed E-state index contributed by atoms with van der Waals surface area (Å²) in [5, 5.41) is 2.91. The number of aryl methyl sites for hydroxylation is 2. The molecule has 2 amide bonds. The van der Waals surface area contributed by atoms with E-state index in [1.54, 1.807) is 29.5 Å². The highest BCUT2D eigenvalue weighted by atomic mass is 32.1. The average Bonchev–Trinajstić information content (AvgIpc) is 3.30. The maximum atomic E-state index is 12.5. The number of anilines is 2. The first-order chi connectivity index (χ1) is 12.2. The van der Waals surface area contributed by atoms with Gasteiger partial charge in [-0.15, -0.1) is 11.3 Å². The molecule has 7 heteroatoms. The second-order valence-corrected chi connectivity index (χ2v) is 7.16. The van der Waals surface area contributed by atoms with Gasteiger partial charge in [-0.05, 0) is 43.0 Å². The highest BCUT2D eigenvalue weighted by molar-refractivity contribution is 7.14. The van der Waals surface area contributed by atoms with Crippen molar-refractivity contribution in [2.75, 3.05) is 30.5 Å². The number of amides is 2. The van der Waals surface area contributed by atoms with Gasteiger partial charge in [-0.3, -0.25) is 9.69 Å². The van der Waals surface area contributed by atoms with Crippen LogP contribution in [0, 0.1) is 0 Å². The molecule has 1 aliphatic heterocycles. The van der Waals surface area contributed by atoms with Crippen LogP contribution in [0.4, 0.5) is 16.2 Å². The standard InChI is InChI=1S/C18H18N2O4S/c1-23-14-10-12(5-6-13(14)20-7-8-24-18(20)22)19-17(21)16-9-11-3-2-4-15(11)25-16/h5-6,9-10H,2-4,7-8H2,1H3,(H,19,21). The highest BCUT2D eigenvalue weighted by Gasteiger charge is 2.26. The molecule has 0 bridgehead atoms. The van der Waals surface area contributed by atoms with E-state index in [0.717, 1.165) is 17.7 Å². The van der Waals surface area contributed by atoms with Crippen molar-refractivity contribution in [2.24, 2.45) is 0 Å². The molecule has 1 aromatic carbocycles. The van der Waals surface area contributed by atoms with Crippen molar-refractivity contribution in [3.63, 3.8) is 0 Å². The number of carbonyl (C=O) groups is 2. The molecule has 0 atom stereocenters. The molecule has 1 N–H and O–H groups in total. The first kappa shape index (κ1) is 16.0. The summed E-state index contributed by atoms with van der Waals surface area (Å²) < 4.78 is 10.4. The first-order valence-corrected chi connectivity index (χ1v) is 9.02. The molecule has 0 saturated carbocycles. The van der Waals surface area contributed by atoms with Crippen molar-refractivity contribution in [1.29, 1.82) is 0 Å². The maximum Gasteiger partial charge on any atom is 0.414 e. The third kappa shape index (κ3) is 2.95. The van der Waals surface area contributed by atoms with E-state index in [1.165, 1.54) is 28.9 Å². The van der Waals surface area contributed by atoms with E-state index < -0.39 is 0 Å². The largest absolute Gasteiger partial charge is 0.494 e. The Hall–Kier alpha value is -2.54. The second-order valence-electron chi connectivity index (χ2n) is 6.02. The third-order valence-electron chi connectivity index (χ3n) is 4.46. The zero-order valence-electron chi connectivity index (χ0n) is 13.8. The lowest BCUT2D eigenvalue weighted by Crippen LogP contribution is -2.24. The molecule has 1 saturated heterocycles. The molecule has 0 radical (unpaired) electrons.